The highest BCUT2D eigenvalue weighted by Crippen LogP contribution is 2.28. The lowest BCUT2D eigenvalue weighted by Gasteiger charge is -2.20. The molecule has 2 heterocycles. The lowest BCUT2D eigenvalue weighted by molar-refractivity contribution is 0.102. The van der Waals surface area contributed by atoms with E-state index in [-0.39, 0.29) is 18.3 Å². The fourth-order valence-corrected chi connectivity index (χ4v) is 3.39. The summed E-state index contributed by atoms with van der Waals surface area (Å²) in [4.78, 5) is 20.3. The first-order valence-electron chi connectivity index (χ1n) is 6.78. The van der Waals surface area contributed by atoms with Gasteiger partial charge in [0.2, 0.25) is 0 Å². The van der Waals surface area contributed by atoms with Gasteiger partial charge in [0.1, 0.15) is 5.75 Å². The summed E-state index contributed by atoms with van der Waals surface area (Å²) >= 11 is 1.56. The highest BCUT2D eigenvalue weighted by molar-refractivity contribution is 7.15. The first-order chi connectivity index (χ1) is 10.2. The Balaban J connectivity index is 0.00000176. The van der Waals surface area contributed by atoms with Crippen LogP contribution in [0.3, 0.4) is 0 Å². The fourth-order valence-electron chi connectivity index (χ4n) is 2.31. The molecule has 0 unspecified atom stereocenters. The zero-order valence-electron chi connectivity index (χ0n) is 12.5. The molecule has 22 heavy (non-hydrogen) atoms. The third kappa shape index (κ3) is 3.58. The smallest absolute Gasteiger partial charge is 0.257 e. The summed E-state index contributed by atoms with van der Waals surface area (Å²) in [5.74, 6) is 0.510. The van der Waals surface area contributed by atoms with Crippen LogP contribution in [0.5, 0.6) is 5.75 Å². The van der Waals surface area contributed by atoms with Gasteiger partial charge < -0.3 is 9.64 Å². The van der Waals surface area contributed by atoms with Gasteiger partial charge in [-0.25, -0.2) is 4.98 Å². The molecule has 118 valence electrons. The van der Waals surface area contributed by atoms with Crippen LogP contribution in [0.15, 0.2) is 24.3 Å². The van der Waals surface area contributed by atoms with Gasteiger partial charge in [0.25, 0.3) is 5.91 Å². The lowest BCUT2D eigenvalue weighted by atomic mass is 10.2. The van der Waals surface area contributed by atoms with Crippen LogP contribution >= 0.6 is 23.7 Å². The molecule has 0 atom stereocenters. The van der Waals surface area contributed by atoms with E-state index in [1.165, 1.54) is 4.88 Å². The van der Waals surface area contributed by atoms with Crippen molar-refractivity contribution in [3.8, 4) is 5.75 Å². The van der Waals surface area contributed by atoms with Gasteiger partial charge >= 0.3 is 0 Å². The molecule has 1 aromatic heterocycles. The Hall–Kier alpha value is -1.63. The minimum Gasteiger partial charge on any atom is -0.497 e. The monoisotopic (exact) mass is 339 g/mol. The molecule has 1 aliphatic heterocycles. The number of amides is 1. The number of methoxy groups -OCH3 is 1. The number of nitrogens with zero attached hydrogens (tertiary/aromatic N) is 2. The average molecular weight is 340 g/mol. The number of nitrogens with one attached hydrogen (secondary N) is 1. The largest absolute Gasteiger partial charge is 0.497 e. The molecular weight excluding hydrogens is 322 g/mol. The maximum atomic E-state index is 12.2. The van der Waals surface area contributed by atoms with Gasteiger partial charge in [0, 0.05) is 30.0 Å². The number of benzene rings is 1. The van der Waals surface area contributed by atoms with E-state index in [9.17, 15) is 4.79 Å². The van der Waals surface area contributed by atoms with Crippen molar-refractivity contribution in [3.05, 3.63) is 40.4 Å². The van der Waals surface area contributed by atoms with E-state index in [1.54, 1.807) is 36.6 Å². The molecule has 0 fully saturated rings. The summed E-state index contributed by atoms with van der Waals surface area (Å²) in [6, 6.07) is 7.10. The third-order valence-corrected chi connectivity index (χ3v) is 4.47. The fraction of sp³-hybridized carbons (Fsp3) is 0.333. The predicted molar refractivity (Wildman–Crippen MR) is 90.3 cm³/mol. The van der Waals surface area contributed by atoms with Crippen molar-refractivity contribution in [2.24, 2.45) is 0 Å². The second-order valence-electron chi connectivity index (χ2n) is 5.06. The Morgan fingerprint density at radius 1 is 1.45 bits per heavy atom. The molecule has 5 nitrogen and oxygen atoms in total. The van der Waals surface area contributed by atoms with Crippen LogP contribution in [0.25, 0.3) is 0 Å². The molecule has 0 aliphatic carbocycles. The number of aromatic nitrogens is 1. The standard InChI is InChI=1S/C15H17N3O2S.ClH/c1-18-7-6-12-13(9-18)21-15(16-12)17-14(19)10-4-3-5-11(8-10)20-2;/h3-5,8H,6-7,9H2,1-2H3,(H,16,17,19);1H. The van der Waals surface area contributed by atoms with Crippen molar-refractivity contribution in [2.75, 3.05) is 26.0 Å². The van der Waals surface area contributed by atoms with E-state index < -0.39 is 0 Å². The SMILES string of the molecule is COc1cccc(C(=O)Nc2nc3c(s2)CN(C)CC3)c1.Cl. The van der Waals surface area contributed by atoms with Gasteiger partial charge in [-0.15, -0.1) is 23.7 Å². The number of hydrogen-bond donors (Lipinski definition) is 1. The first kappa shape index (κ1) is 16.7. The van der Waals surface area contributed by atoms with Crippen molar-refractivity contribution >= 4 is 34.8 Å². The number of carbonyl (C=O) groups excluding carboxylic acids is 1. The number of rotatable bonds is 3. The van der Waals surface area contributed by atoms with Crippen LogP contribution in [0.2, 0.25) is 0 Å². The van der Waals surface area contributed by atoms with Crippen molar-refractivity contribution in [2.45, 2.75) is 13.0 Å². The van der Waals surface area contributed by atoms with E-state index in [0.29, 0.717) is 16.4 Å². The van der Waals surface area contributed by atoms with Crippen LogP contribution in [0, 0.1) is 0 Å². The molecule has 2 aromatic rings. The zero-order valence-corrected chi connectivity index (χ0v) is 14.1. The molecule has 1 N–H and O–H groups in total. The Bertz CT molecular complexity index is 675. The number of likely N-dealkylation sites (N-methyl/N-ethyl adjacent to an activating group) is 1. The van der Waals surface area contributed by atoms with Crippen molar-refractivity contribution < 1.29 is 9.53 Å². The quantitative estimate of drug-likeness (QED) is 0.934. The van der Waals surface area contributed by atoms with Gasteiger partial charge in [-0.3, -0.25) is 10.1 Å². The van der Waals surface area contributed by atoms with Gasteiger partial charge in [-0.05, 0) is 25.2 Å². The highest BCUT2D eigenvalue weighted by atomic mass is 35.5. The minimum absolute atomic E-state index is 0. The number of ether oxygens (including phenoxy) is 1. The number of hydrogen-bond acceptors (Lipinski definition) is 5. The zero-order chi connectivity index (χ0) is 14.8. The molecule has 1 amide bonds. The molecular formula is C15H18ClN3O2S. The van der Waals surface area contributed by atoms with Gasteiger partial charge in [-0.2, -0.15) is 0 Å². The Kier molecular flexibility index (Phi) is 5.39. The topological polar surface area (TPSA) is 54.5 Å². The average Bonchev–Trinajstić information content (AvgIpc) is 2.88. The van der Waals surface area contributed by atoms with E-state index in [1.807, 2.05) is 6.07 Å². The third-order valence-electron chi connectivity index (χ3n) is 3.47. The minimum atomic E-state index is -0.159. The maximum absolute atomic E-state index is 12.2. The summed E-state index contributed by atoms with van der Waals surface area (Å²) in [6.07, 6.45) is 0.942. The molecule has 0 saturated carbocycles. The van der Waals surface area contributed by atoms with Crippen LogP contribution in [-0.2, 0) is 13.0 Å². The van der Waals surface area contributed by atoms with E-state index in [4.69, 9.17) is 4.74 Å². The van der Waals surface area contributed by atoms with E-state index >= 15 is 0 Å². The first-order valence-corrected chi connectivity index (χ1v) is 7.60. The second-order valence-corrected chi connectivity index (χ2v) is 6.15. The maximum Gasteiger partial charge on any atom is 0.257 e. The Morgan fingerprint density at radius 3 is 3.05 bits per heavy atom. The highest BCUT2D eigenvalue weighted by Gasteiger charge is 2.19. The number of halogens is 1. The normalized spacial score (nSPS) is 13.9. The number of fused-ring (bicyclic) bond motifs is 1. The summed E-state index contributed by atoms with van der Waals surface area (Å²) in [5, 5.41) is 3.55. The summed E-state index contributed by atoms with van der Waals surface area (Å²) in [5.41, 5.74) is 1.68. The molecule has 0 radical (unpaired) electrons. The lowest BCUT2D eigenvalue weighted by Crippen LogP contribution is -2.25. The summed E-state index contributed by atoms with van der Waals surface area (Å²) < 4.78 is 5.13. The number of anilines is 1. The van der Waals surface area contributed by atoms with E-state index in [0.717, 1.165) is 25.2 Å². The van der Waals surface area contributed by atoms with Crippen LogP contribution in [0.4, 0.5) is 5.13 Å². The molecule has 3 rings (SSSR count). The number of thiazole rings is 1. The summed E-state index contributed by atoms with van der Waals surface area (Å²) in [6.45, 7) is 1.92. The number of carbonyl (C=O) groups is 1. The van der Waals surface area contributed by atoms with Gasteiger partial charge in [0.05, 0.1) is 12.8 Å². The van der Waals surface area contributed by atoms with Gasteiger partial charge in [0.15, 0.2) is 5.13 Å². The van der Waals surface area contributed by atoms with E-state index in [2.05, 4.69) is 22.2 Å². The Morgan fingerprint density at radius 2 is 2.27 bits per heavy atom. The van der Waals surface area contributed by atoms with Crippen molar-refractivity contribution in [1.82, 2.24) is 9.88 Å². The van der Waals surface area contributed by atoms with Crippen molar-refractivity contribution in [3.63, 3.8) is 0 Å². The predicted octanol–water partition coefficient (Wildman–Crippen LogP) is 2.81. The van der Waals surface area contributed by atoms with Crippen LogP contribution < -0.4 is 10.1 Å². The summed E-state index contributed by atoms with van der Waals surface area (Å²) in [7, 11) is 3.68. The van der Waals surface area contributed by atoms with Gasteiger partial charge in [-0.1, -0.05) is 6.07 Å². The van der Waals surface area contributed by atoms with Crippen molar-refractivity contribution in [1.29, 1.82) is 0 Å². The van der Waals surface area contributed by atoms with Crippen LogP contribution in [-0.4, -0.2) is 36.5 Å². The second kappa shape index (κ2) is 7.09. The molecule has 1 aromatic carbocycles. The van der Waals surface area contributed by atoms with Crippen LogP contribution in [0.1, 0.15) is 20.9 Å². The molecule has 0 spiro atoms. The molecule has 7 heteroatoms. The Labute approximate surface area is 139 Å². The molecule has 1 aliphatic rings. The molecule has 0 saturated heterocycles. The molecule has 0 bridgehead atoms.